The molecule has 2 aromatic carbocycles. The first-order valence-electron chi connectivity index (χ1n) is 9.68. The summed E-state index contributed by atoms with van der Waals surface area (Å²) in [4.78, 5) is 2.93. The van der Waals surface area contributed by atoms with Crippen molar-refractivity contribution in [3.05, 3.63) is 47.5 Å². The summed E-state index contributed by atoms with van der Waals surface area (Å²) in [6.45, 7) is 0.840. The van der Waals surface area contributed by atoms with Gasteiger partial charge in [0, 0.05) is 19.7 Å². The fourth-order valence-electron chi connectivity index (χ4n) is 3.42. The molecule has 1 atom stereocenters. The molecule has 0 aliphatic carbocycles. The van der Waals surface area contributed by atoms with Crippen LogP contribution in [-0.4, -0.2) is 50.8 Å². The number of benzene rings is 2. The van der Waals surface area contributed by atoms with E-state index in [4.69, 9.17) is 21.7 Å². The first-order valence-corrected chi connectivity index (χ1v) is 11.5. The summed E-state index contributed by atoms with van der Waals surface area (Å²) in [5, 5.41) is 32.3. The number of nitrogens with one attached hydrogen (secondary N) is 3. The Balaban J connectivity index is 1.87. The summed E-state index contributed by atoms with van der Waals surface area (Å²) < 4.78 is 31.2. The number of aromatic hydroxyl groups is 1. The van der Waals surface area contributed by atoms with E-state index in [1.807, 2.05) is 6.19 Å². The zero-order valence-corrected chi connectivity index (χ0v) is 18.8. The van der Waals surface area contributed by atoms with Crippen molar-refractivity contribution in [3.8, 4) is 11.9 Å². The zero-order chi connectivity index (χ0) is 23.3. The van der Waals surface area contributed by atoms with Crippen LogP contribution < -0.4 is 15.0 Å². The van der Waals surface area contributed by atoms with Gasteiger partial charge in [-0.1, -0.05) is 29.8 Å². The normalized spacial score (nSPS) is 16.5. The molecule has 32 heavy (non-hydrogen) atoms. The largest absolute Gasteiger partial charge is 0.504 e. The van der Waals surface area contributed by atoms with E-state index < -0.39 is 20.7 Å². The van der Waals surface area contributed by atoms with Gasteiger partial charge in [-0.15, -0.1) is 4.83 Å². The van der Waals surface area contributed by atoms with Crippen molar-refractivity contribution in [2.24, 2.45) is 0 Å². The highest BCUT2D eigenvalue weighted by molar-refractivity contribution is 7.89. The number of phenolic OH excluding ortho intramolecular Hbond substituents is 1. The molecular formula is C20H23ClN6O4S. The molecule has 1 heterocycles. The van der Waals surface area contributed by atoms with Crippen molar-refractivity contribution in [1.82, 2.24) is 9.84 Å². The van der Waals surface area contributed by atoms with E-state index >= 15 is 0 Å². The van der Waals surface area contributed by atoms with Crippen LogP contribution in [0.5, 0.6) is 5.75 Å². The van der Waals surface area contributed by atoms with Crippen LogP contribution in [-0.2, 0) is 14.8 Å². The molecule has 0 bridgehead atoms. The number of sulfonamides is 1. The number of ether oxygens (including phenoxy) is 1. The molecule has 1 aliphatic heterocycles. The average molecular weight is 479 g/mol. The molecule has 0 saturated carbocycles. The van der Waals surface area contributed by atoms with Crippen molar-refractivity contribution < 1.29 is 18.3 Å². The topological polar surface area (TPSA) is 142 Å². The number of rotatable bonds is 7. The van der Waals surface area contributed by atoms with Crippen LogP contribution in [0.15, 0.2) is 47.4 Å². The van der Waals surface area contributed by atoms with Gasteiger partial charge in [-0.25, -0.2) is 18.3 Å². The van der Waals surface area contributed by atoms with Crippen LogP contribution in [0.3, 0.4) is 0 Å². The van der Waals surface area contributed by atoms with Crippen molar-refractivity contribution in [1.29, 1.82) is 10.7 Å². The molecule has 0 radical (unpaired) electrons. The average Bonchev–Trinajstić information content (AvgIpc) is 3.17. The van der Waals surface area contributed by atoms with Gasteiger partial charge in [-0.3, -0.25) is 5.41 Å². The first-order chi connectivity index (χ1) is 15.3. The molecule has 1 aliphatic rings. The third-order valence-corrected chi connectivity index (χ3v) is 6.77. The van der Waals surface area contributed by atoms with Crippen LogP contribution >= 0.6 is 11.6 Å². The lowest BCUT2D eigenvalue weighted by atomic mass is 10.2. The SMILES string of the molecule is COC[C@@H]1CCCN1NS(=O)(=O)c1c(Cl)ccc(NC(=N)N(C#N)c2ccccc2)c1O. The third kappa shape index (κ3) is 5.12. The van der Waals surface area contributed by atoms with Crippen LogP contribution in [0, 0.1) is 16.9 Å². The molecule has 2 aromatic rings. The molecule has 0 aromatic heterocycles. The number of nitrogens with zero attached hydrogens (tertiary/aromatic N) is 3. The predicted molar refractivity (Wildman–Crippen MR) is 121 cm³/mol. The predicted octanol–water partition coefficient (Wildman–Crippen LogP) is 2.68. The number of halogens is 1. The van der Waals surface area contributed by atoms with Crippen LogP contribution in [0.1, 0.15) is 12.8 Å². The minimum absolute atomic E-state index is 0.0918. The molecule has 3 rings (SSSR count). The number of anilines is 2. The molecule has 12 heteroatoms. The summed E-state index contributed by atoms with van der Waals surface area (Å²) in [6, 6.07) is 10.9. The first kappa shape index (κ1) is 23.8. The Morgan fingerprint density at radius 2 is 2.09 bits per heavy atom. The number of hydrogen-bond donors (Lipinski definition) is 4. The number of hydrogen-bond acceptors (Lipinski definition) is 7. The highest BCUT2D eigenvalue weighted by atomic mass is 35.5. The lowest BCUT2D eigenvalue weighted by Gasteiger charge is -2.25. The second kappa shape index (κ2) is 10.2. The van der Waals surface area contributed by atoms with Crippen LogP contribution in [0.2, 0.25) is 5.02 Å². The standard InChI is InChI=1S/C20H23ClN6O4S/c1-31-12-15-8-5-11-27(15)25-32(29,30)19-16(21)9-10-17(18(19)28)24-20(23)26(13-22)14-6-3-2-4-7-14/h2-4,6-7,9-10,15,25,28H,5,8,11-12H2,1H3,(H2,23,24)/t15-/m0/s1. The van der Waals surface area contributed by atoms with E-state index in [1.165, 1.54) is 19.2 Å². The van der Waals surface area contributed by atoms with Gasteiger partial charge in [-0.2, -0.15) is 5.26 Å². The lowest BCUT2D eigenvalue weighted by Crippen LogP contribution is -2.46. The highest BCUT2D eigenvalue weighted by Gasteiger charge is 2.32. The van der Waals surface area contributed by atoms with Gasteiger partial charge in [0.15, 0.2) is 11.9 Å². The summed E-state index contributed by atoms with van der Waals surface area (Å²) in [5.74, 6) is -1.05. The van der Waals surface area contributed by atoms with E-state index in [0.717, 1.165) is 17.7 Å². The summed E-state index contributed by atoms with van der Waals surface area (Å²) in [7, 11) is -2.70. The second-order valence-corrected chi connectivity index (χ2v) is 9.06. The van der Waals surface area contributed by atoms with E-state index in [1.54, 1.807) is 35.3 Å². The number of hydrazine groups is 1. The number of guanidine groups is 1. The molecule has 0 unspecified atom stereocenters. The molecule has 1 fully saturated rings. The fourth-order valence-corrected chi connectivity index (χ4v) is 5.21. The van der Waals surface area contributed by atoms with E-state index in [9.17, 15) is 18.8 Å². The Morgan fingerprint density at radius 3 is 2.75 bits per heavy atom. The quantitative estimate of drug-likeness (QED) is 0.156. The molecular weight excluding hydrogens is 456 g/mol. The van der Waals surface area contributed by atoms with Gasteiger partial charge in [-0.05, 0) is 37.1 Å². The summed E-state index contributed by atoms with van der Waals surface area (Å²) in [6.07, 6.45) is 3.42. The smallest absolute Gasteiger partial charge is 0.258 e. The number of nitriles is 1. The Bertz CT molecular complexity index is 1120. The number of para-hydroxylation sites is 1. The van der Waals surface area contributed by atoms with Gasteiger partial charge in [0.2, 0.25) is 5.96 Å². The van der Waals surface area contributed by atoms with E-state index in [2.05, 4.69) is 10.1 Å². The molecule has 170 valence electrons. The van der Waals surface area contributed by atoms with E-state index in [0.29, 0.717) is 18.8 Å². The zero-order valence-electron chi connectivity index (χ0n) is 17.2. The van der Waals surface area contributed by atoms with Crippen molar-refractivity contribution >= 4 is 39.0 Å². The molecule has 0 amide bonds. The van der Waals surface area contributed by atoms with Gasteiger partial charge in [0.1, 0.15) is 4.90 Å². The van der Waals surface area contributed by atoms with E-state index in [-0.39, 0.29) is 22.7 Å². The minimum atomic E-state index is -4.24. The maximum Gasteiger partial charge on any atom is 0.258 e. The molecule has 1 saturated heterocycles. The molecule has 0 spiro atoms. The summed E-state index contributed by atoms with van der Waals surface area (Å²) >= 11 is 6.12. The Morgan fingerprint density at radius 1 is 1.38 bits per heavy atom. The maximum atomic E-state index is 13.0. The summed E-state index contributed by atoms with van der Waals surface area (Å²) in [5.41, 5.74) is 0.333. The maximum absolute atomic E-state index is 13.0. The Hall–Kier alpha value is -2.88. The number of methoxy groups -OCH3 is 1. The fraction of sp³-hybridized carbons (Fsp3) is 0.300. The minimum Gasteiger partial charge on any atom is -0.504 e. The van der Waals surface area contributed by atoms with Crippen LogP contribution in [0.25, 0.3) is 0 Å². The second-order valence-electron chi connectivity index (χ2n) is 7.06. The van der Waals surface area contributed by atoms with Crippen molar-refractivity contribution in [2.75, 3.05) is 30.5 Å². The van der Waals surface area contributed by atoms with Crippen molar-refractivity contribution in [2.45, 2.75) is 23.8 Å². The highest BCUT2D eigenvalue weighted by Crippen LogP contribution is 2.37. The Labute approximate surface area is 191 Å². The van der Waals surface area contributed by atoms with Gasteiger partial charge in [0.25, 0.3) is 10.0 Å². The molecule has 4 N–H and O–H groups in total. The third-order valence-electron chi connectivity index (χ3n) is 4.92. The molecule has 10 nitrogen and oxygen atoms in total. The Kier molecular flexibility index (Phi) is 7.55. The van der Waals surface area contributed by atoms with Crippen molar-refractivity contribution in [3.63, 3.8) is 0 Å². The monoisotopic (exact) mass is 478 g/mol. The van der Waals surface area contributed by atoms with Gasteiger partial charge >= 0.3 is 0 Å². The lowest BCUT2D eigenvalue weighted by molar-refractivity contribution is 0.104. The van der Waals surface area contributed by atoms with Gasteiger partial charge in [0.05, 0.1) is 23.0 Å². The van der Waals surface area contributed by atoms with Crippen LogP contribution in [0.4, 0.5) is 11.4 Å². The van der Waals surface area contributed by atoms with Gasteiger partial charge < -0.3 is 15.2 Å². The number of phenols is 1.